The second-order valence-corrected chi connectivity index (χ2v) is 22.1. The third kappa shape index (κ3) is 6.46. The molecule has 0 fully saturated rings. The molecule has 0 aliphatic heterocycles. The summed E-state index contributed by atoms with van der Waals surface area (Å²) in [5, 5.41) is 9.68. The molecule has 0 unspecified atom stereocenters. The lowest BCUT2D eigenvalue weighted by Crippen LogP contribution is -2.29. The van der Waals surface area contributed by atoms with Crippen molar-refractivity contribution in [2.75, 3.05) is 4.90 Å². The summed E-state index contributed by atoms with van der Waals surface area (Å²) in [5.41, 5.74) is 21.3. The molecule has 2 nitrogen and oxygen atoms in total. The maximum atomic E-state index is 6.48. The zero-order valence-electron chi connectivity index (χ0n) is 44.8. The first kappa shape index (κ1) is 46.4. The summed E-state index contributed by atoms with van der Waals surface area (Å²) in [5.74, 6) is 0. The van der Waals surface area contributed by atoms with Gasteiger partial charge in [-0.15, -0.1) is 0 Å². The van der Waals surface area contributed by atoms with Crippen LogP contribution >= 0.6 is 0 Å². The van der Waals surface area contributed by atoms with Gasteiger partial charge in [0.15, 0.2) is 0 Å². The van der Waals surface area contributed by atoms with Gasteiger partial charge in [0.1, 0.15) is 11.2 Å². The molecule has 0 spiro atoms. The van der Waals surface area contributed by atoms with E-state index in [1.807, 2.05) is 0 Å². The number of furan rings is 1. The van der Waals surface area contributed by atoms with Crippen molar-refractivity contribution in [3.8, 4) is 33.4 Å². The Bertz CT molecular complexity index is 4730. The Morgan fingerprint density at radius 3 is 1.15 bits per heavy atom. The molecule has 17 rings (SSSR count). The van der Waals surface area contributed by atoms with E-state index in [1.165, 1.54) is 110 Å². The first-order valence-corrected chi connectivity index (χ1v) is 28.5. The Labute approximate surface area is 476 Å². The number of hydrogen-bond donors (Lipinski definition) is 0. The van der Waals surface area contributed by atoms with Crippen LogP contribution in [0.5, 0.6) is 0 Å². The van der Waals surface area contributed by atoms with Gasteiger partial charge in [-0.25, -0.2) is 0 Å². The first-order valence-electron chi connectivity index (χ1n) is 28.5. The van der Waals surface area contributed by atoms with Crippen LogP contribution in [0.25, 0.3) is 87.6 Å². The van der Waals surface area contributed by atoms with E-state index in [4.69, 9.17) is 4.42 Å². The largest absolute Gasteiger partial charge is 0.456 e. The fourth-order valence-corrected chi connectivity index (χ4v) is 14.9. The smallest absolute Gasteiger partial charge is 0.136 e. The number of anilines is 3. The minimum atomic E-state index is -0.576. The molecule has 0 amide bonds. The van der Waals surface area contributed by atoms with Crippen LogP contribution in [-0.4, -0.2) is 0 Å². The van der Waals surface area contributed by atoms with Gasteiger partial charge in [0.2, 0.25) is 0 Å². The average molecular weight is 1040 g/mol. The SMILES string of the molecule is c1ccc(C2(c3ccccc3)c3ccccc3-c3ccc(N(c4ccc(-c5cccc6c7ccc8oc9ccccc9c8c7c7ccccc7c56)cc4)c4ccc5c(c4)C(c4ccccc4)(c4ccccc4)c4ccccc4-5)cc32)cc1. The summed E-state index contributed by atoms with van der Waals surface area (Å²) in [6.07, 6.45) is 0. The molecule has 82 heavy (non-hydrogen) atoms. The van der Waals surface area contributed by atoms with Gasteiger partial charge in [0, 0.05) is 33.2 Å². The fraction of sp³-hybridized carbons (Fsp3) is 0.0250. The van der Waals surface area contributed by atoms with E-state index < -0.39 is 10.8 Å². The van der Waals surface area contributed by atoms with Crippen LogP contribution in [0.15, 0.2) is 314 Å². The lowest BCUT2D eigenvalue weighted by Gasteiger charge is -2.36. The van der Waals surface area contributed by atoms with Crippen LogP contribution < -0.4 is 4.90 Å². The molecular formula is C80H51NO. The Kier molecular flexibility index (Phi) is 10.2. The predicted molar refractivity (Wildman–Crippen MR) is 341 cm³/mol. The highest BCUT2D eigenvalue weighted by Crippen LogP contribution is 2.60. The van der Waals surface area contributed by atoms with Crippen LogP contribution in [0, 0.1) is 0 Å². The van der Waals surface area contributed by atoms with Gasteiger partial charge in [0.25, 0.3) is 0 Å². The molecule has 382 valence electrons. The van der Waals surface area contributed by atoms with Crippen LogP contribution in [0.1, 0.15) is 44.5 Å². The van der Waals surface area contributed by atoms with Crippen molar-refractivity contribution in [1.29, 1.82) is 0 Å². The van der Waals surface area contributed by atoms with Crippen molar-refractivity contribution in [2.45, 2.75) is 10.8 Å². The van der Waals surface area contributed by atoms with Gasteiger partial charge in [-0.3, -0.25) is 0 Å². The molecule has 0 N–H and O–H groups in total. The van der Waals surface area contributed by atoms with Crippen molar-refractivity contribution < 1.29 is 4.42 Å². The zero-order valence-corrected chi connectivity index (χ0v) is 44.8. The van der Waals surface area contributed by atoms with Crippen molar-refractivity contribution in [1.82, 2.24) is 0 Å². The third-order valence-electron chi connectivity index (χ3n) is 18.2. The van der Waals surface area contributed by atoms with E-state index in [1.54, 1.807) is 0 Å². The zero-order chi connectivity index (χ0) is 53.9. The van der Waals surface area contributed by atoms with Gasteiger partial charge in [-0.1, -0.05) is 255 Å². The van der Waals surface area contributed by atoms with Crippen LogP contribution in [0.2, 0.25) is 0 Å². The molecule has 0 bridgehead atoms. The van der Waals surface area contributed by atoms with Crippen molar-refractivity contribution in [2.24, 2.45) is 0 Å². The Morgan fingerprint density at radius 2 is 0.622 bits per heavy atom. The van der Waals surface area contributed by atoms with Crippen molar-refractivity contribution in [3.05, 3.63) is 354 Å². The van der Waals surface area contributed by atoms with Crippen LogP contribution in [0.3, 0.4) is 0 Å². The lowest BCUT2D eigenvalue weighted by atomic mass is 9.67. The van der Waals surface area contributed by atoms with Gasteiger partial charge >= 0.3 is 0 Å². The third-order valence-corrected chi connectivity index (χ3v) is 18.2. The summed E-state index contributed by atoms with van der Waals surface area (Å²) in [6.45, 7) is 0. The maximum Gasteiger partial charge on any atom is 0.136 e. The molecule has 0 saturated carbocycles. The van der Waals surface area contributed by atoms with Gasteiger partial charge in [-0.2, -0.15) is 0 Å². The summed E-state index contributed by atoms with van der Waals surface area (Å²) in [7, 11) is 0. The van der Waals surface area contributed by atoms with Crippen LogP contribution in [-0.2, 0) is 10.8 Å². The van der Waals surface area contributed by atoms with Gasteiger partial charge in [-0.05, 0) is 159 Å². The first-order chi connectivity index (χ1) is 40.7. The van der Waals surface area contributed by atoms with E-state index in [0.29, 0.717) is 0 Å². The quantitative estimate of drug-likeness (QED) is 0.141. The van der Waals surface area contributed by atoms with E-state index >= 15 is 0 Å². The number of rotatable bonds is 8. The second kappa shape index (κ2) is 18.0. The second-order valence-electron chi connectivity index (χ2n) is 22.1. The lowest BCUT2D eigenvalue weighted by molar-refractivity contribution is 0.669. The van der Waals surface area contributed by atoms with Crippen molar-refractivity contribution >= 4 is 71.3 Å². The van der Waals surface area contributed by atoms with E-state index in [-0.39, 0.29) is 0 Å². The van der Waals surface area contributed by atoms with Gasteiger partial charge < -0.3 is 9.32 Å². The Hall–Kier alpha value is -10.5. The Morgan fingerprint density at radius 1 is 0.232 bits per heavy atom. The molecule has 2 aliphatic carbocycles. The molecule has 0 saturated heterocycles. The van der Waals surface area contributed by atoms with E-state index in [9.17, 15) is 0 Å². The number of para-hydroxylation sites is 1. The minimum Gasteiger partial charge on any atom is -0.456 e. The van der Waals surface area contributed by atoms with E-state index in [0.717, 1.165) is 39.2 Å². The highest BCUT2D eigenvalue weighted by molar-refractivity contribution is 6.36. The topological polar surface area (TPSA) is 16.4 Å². The standard InChI is InChI=1S/C80H51NO/c1-5-22-53(23-6-1)79(54-24-7-2-8-25-54)70-37-18-15-30-61(70)63-46-44-58(50-72(63)79)81(59-45-47-64-62-31-16-19-38-71(62)80(73(64)51-59,55-26-9-3-10-27-55)56-28-11-4-12-29-56)57-42-40-52(41-43-57)60-35-21-36-66-68-48-49-75-78(69-34-17-20-39-74(69)82-75)77(68)67-33-14-13-32-65(67)76(60)66/h1-51H. The summed E-state index contributed by atoms with van der Waals surface area (Å²) < 4.78 is 6.48. The average Bonchev–Trinajstić information content (AvgIpc) is 3.94. The van der Waals surface area contributed by atoms with Gasteiger partial charge in [0.05, 0.1) is 10.8 Å². The molecule has 1 heterocycles. The molecule has 2 aliphatic rings. The van der Waals surface area contributed by atoms with Crippen molar-refractivity contribution in [3.63, 3.8) is 0 Å². The predicted octanol–water partition coefficient (Wildman–Crippen LogP) is 20.9. The molecule has 1 aromatic heterocycles. The maximum absolute atomic E-state index is 6.48. The number of benzene rings is 14. The Balaban J connectivity index is 0.907. The molecule has 0 radical (unpaired) electrons. The monoisotopic (exact) mass is 1040 g/mol. The van der Waals surface area contributed by atoms with Crippen LogP contribution in [0.4, 0.5) is 17.1 Å². The molecule has 0 atom stereocenters. The number of nitrogens with zero attached hydrogens (tertiary/aromatic N) is 1. The molecule has 15 aromatic rings. The number of fused-ring (bicyclic) bond motifs is 16. The summed E-state index contributed by atoms with van der Waals surface area (Å²) in [4.78, 5) is 2.50. The molecule has 14 aromatic carbocycles. The normalized spacial score (nSPS) is 13.6. The van der Waals surface area contributed by atoms with E-state index in [2.05, 4.69) is 314 Å². The molecule has 2 heteroatoms. The fourth-order valence-electron chi connectivity index (χ4n) is 14.9. The minimum absolute atomic E-state index is 0.576. The summed E-state index contributed by atoms with van der Waals surface area (Å²) >= 11 is 0. The highest BCUT2D eigenvalue weighted by Gasteiger charge is 2.48. The summed E-state index contributed by atoms with van der Waals surface area (Å²) in [6, 6.07) is 115. The molecular weight excluding hydrogens is 991 g/mol. The highest BCUT2D eigenvalue weighted by atomic mass is 16.3. The number of hydrogen-bond acceptors (Lipinski definition) is 2.